The van der Waals surface area contributed by atoms with Crippen LogP contribution in [0.4, 0.5) is 5.95 Å². The van der Waals surface area contributed by atoms with Gasteiger partial charge in [-0.15, -0.1) is 0 Å². The molecule has 0 aliphatic carbocycles. The lowest BCUT2D eigenvalue weighted by Crippen LogP contribution is -2.33. The number of phosphoric ester groups is 1. The van der Waals surface area contributed by atoms with Crippen molar-refractivity contribution in [2.75, 3.05) is 12.3 Å². The lowest BCUT2D eigenvalue weighted by Gasteiger charge is -2.16. The van der Waals surface area contributed by atoms with Crippen molar-refractivity contribution in [2.24, 2.45) is 0 Å². The van der Waals surface area contributed by atoms with Crippen LogP contribution in [0.2, 0.25) is 0 Å². The number of nitrogens with one attached hydrogen (secondary N) is 1. The summed E-state index contributed by atoms with van der Waals surface area (Å²) in [5.74, 6) is -0.177. The van der Waals surface area contributed by atoms with Crippen LogP contribution in [-0.4, -0.2) is 80.9 Å². The number of hydrogen-bond acceptors (Lipinski definition) is 9. The van der Waals surface area contributed by atoms with Crippen molar-refractivity contribution >= 4 is 24.9 Å². The number of imidazole rings is 1. The Morgan fingerprint density at radius 2 is 1.93 bits per heavy atom. The number of H-pyrrole nitrogens is 1. The van der Waals surface area contributed by atoms with Gasteiger partial charge in [-0.05, 0) is 0 Å². The molecule has 0 spiro atoms. The van der Waals surface area contributed by atoms with E-state index < -0.39 is 44.5 Å². The van der Waals surface area contributed by atoms with Gasteiger partial charge in [0.2, 0.25) is 5.95 Å². The fraction of sp³-hybridized carbons (Fsp3) is 0.500. The molecule has 1 saturated heterocycles. The van der Waals surface area contributed by atoms with Crippen LogP contribution >= 0.6 is 7.82 Å². The second-order valence-electron chi connectivity index (χ2n) is 5.11. The maximum Gasteiger partial charge on any atom is 0.469 e. The number of anilines is 1. The van der Waals surface area contributed by atoms with Gasteiger partial charge in [-0.3, -0.25) is 18.9 Å². The molecule has 0 amide bonds. The Bertz CT molecular complexity index is 865. The molecular weight excluding hydrogens is 397 g/mol. The van der Waals surface area contributed by atoms with Crippen molar-refractivity contribution in [3.63, 3.8) is 0 Å². The monoisotopic (exact) mass is 417 g/mol. The first-order valence-corrected chi connectivity index (χ1v) is 8.14. The zero-order chi connectivity index (χ0) is 17.6. The maximum absolute atomic E-state index is 11.7. The van der Waals surface area contributed by atoms with Gasteiger partial charge in [0.25, 0.3) is 5.56 Å². The lowest BCUT2D eigenvalue weighted by atomic mass is 10.1. The lowest BCUT2D eigenvalue weighted by molar-refractivity contribution is -0.0503. The highest BCUT2D eigenvalue weighted by Gasteiger charge is 2.45. The molecule has 16 nitrogen and oxygen atoms in total. The maximum atomic E-state index is 11.7. The van der Waals surface area contributed by atoms with E-state index in [9.17, 15) is 19.6 Å². The zero-order valence-corrected chi connectivity index (χ0v) is 14.3. The van der Waals surface area contributed by atoms with Crippen LogP contribution in [0.1, 0.15) is 6.23 Å². The highest BCUT2D eigenvalue weighted by molar-refractivity contribution is 7.46. The SMILES string of the molecule is Nc1nc2c(ncn2C2OC(COP(=O)(O)O)C(O)C2O)c(=O)[nH]1.O.O.O. The number of fused-ring (bicyclic) bond motifs is 1. The van der Waals surface area contributed by atoms with E-state index in [-0.39, 0.29) is 33.5 Å². The van der Waals surface area contributed by atoms with Gasteiger partial charge in [-0.1, -0.05) is 0 Å². The van der Waals surface area contributed by atoms with E-state index in [1.54, 1.807) is 0 Å². The highest BCUT2D eigenvalue weighted by Crippen LogP contribution is 2.38. The number of rotatable bonds is 4. The summed E-state index contributed by atoms with van der Waals surface area (Å²) < 4.78 is 21.6. The molecule has 0 radical (unpaired) electrons. The van der Waals surface area contributed by atoms with Crippen molar-refractivity contribution in [1.82, 2.24) is 19.5 Å². The number of aliphatic hydroxyl groups excluding tert-OH is 2. The zero-order valence-electron chi connectivity index (χ0n) is 13.4. The number of aliphatic hydroxyl groups is 2. The standard InChI is InChI=1S/C10H14N5O8P.3H2O/c11-10-13-7-4(8(18)14-10)12-2-15(7)9-6(17)5(16)3(23-9)1-22-24(19,20)21;;;/h2-3,5-6,9,16-17H,1H2,(H2,19,20,21)(H3,11,13,14,18);3*1H2. The van der Waals surface area contributed by atoms with E-state index in [4.69, 9.17) is 20.3 Å². The second-order valence-corrected chi connectivity index (χ2v) is 6.35. The molecule has 13 N–H and O–H groups in total. The Kier molecular flexibility index (Phi) is 8.16. The summed E-state index contributed by atoms with van der Waals surface area (Å²) in [6.45, 7) is -0.651. The van der Waals surface area contributed by atoms with Crippen LogP contribution < -0.4 is 11.3 Å². The minimum atomic E-state index is -4.76. The van der Waals surface area contributed by atoms with Gasteiger partial charge in [0.05, 0.1) is 12.9 Å². The molecule has 0 saturated carbocycles. The van der Waals surface area contributed by atoms with Crippen LogP contribution in [0.3, 0.4) is 0 Å². The summed E-state index contributed by atoms with van der Waals surface area (Å²) in [4.78, 5) is 39.1. The Labute approximate surface area is 149 Å². The highest BCUT2D eigenvalue weighted by atomic mass is 31.2. The van der Waals surface area contributed by atoms with E-state index in [0.29, 0.717) is 0 Å². The van der Waals surface area contributed by atoms with Gasteiger partial charge in [-0.2, -0.15) is 4.98 Å². The Morgan fingerprint density at radius 3 is 2.52 bits per heavy atom. The van der Waals surface area contributed by atoms with Crippen LogP contribution in [0, 0.1) is 0 Å². The number of aromatic nitrogens is 4. The summed E-state index contributed by atoms with van der Waals surface area (Å²) in [5, 5.41) is 20.1. The van der Waals surface area contributed by atoms with E-state index in [2.05, 4.69) is 19.5 Å². The topological polar surface area (TPSA) is 301 Å². The van der Waals surface area contributed by atoms with Gasteiger partial charge < -0.3 is 46.9 Å². The smallest absolute Gasteiger partial charge is 0.412 e. The minimum Gasteiger partial charge on any atom is -0.412 e. The molecule has 0 bridgehead atoms. The molecule has 17 heteroatoms. The molecule has 1 aliphatic heterocycles. The molecule has 2 aromatic heterocycles. The normalized spacial score (nSPS) is 24.7. The number of aromatic amines is 1. The van der Waals surface area contributed by atoms with E-state index in [1.807, 2.05) is 0 Å². The van der Waals surface area contributed by atoms with Crippen molar-refractivity contribution < 1.29 is 50.3 Å². The van der Waals surface area contributed by atoms with Gasteiger partial charge in [-0.25, -0.2) is 9.55 Å². The molecule has 1 fully saturated rings. The van der Waals surface area contributed by atoms with E-state index >= 15 is 0 Å². The number of nitrogen functional groups attached to an aromatic ring is 1. The molecule has 4 atom stereocenters. The number of phosphoric acid groups is 1. The Hall–Kier alpha value is -1.98. The summed E-state index contributed by atoms with van der Waals surface area (Å²) in [5.41, 5.74) is 4.84. The average molecular weight is 417 g/mol. The molecule has 0 aromatic carbocycles. The van der Waals surface area contributed by atoms with E-state index in [1.165, 1.54) is 10.9 Å². The van der Waals surface area contributed by atoms with Gasteiger partial charge in [0.1, 0.15) is 18.3 Å². The number of nitrogens with two attached hydrogens (primary N) is 1. The fourth-order valence-corrected chi connectivity index (χ4v) is 2.74. The molecule has 27 heavy (non-hydrogen) atoms. The molecule has 3 heterocycles. The number of hydrogen-bond donors (Lipinski definition) is 6. The van der Waals surface area contributed by atoms with Crippen LogP contribution in [-0.2, 0) is 13.8 Å². The van der Waals surface area contributed by atoms with Gasteiger partial charge in [0, 0.05) is 0 Å². The first kappa shape index (κ1) is 25.0. The number of nitrogens with zero attached hydrogens (tertiary/aromatic N) is 3. The third-order valence-corrected chi connectivity index (χ3v) is 3.95. The molecule has 156 valence electrons. The first-order chi connectivity index (χ1) is 11.2. The third kappa shape index (κ3) is 4.85. The molecule has 4 unspecified atom stereocenters. The van der Waals surface area contributed by atoms with Crippen molar-refractivity contribution in [3.05, 3.63) is 16.7 Å². The van der Waals surface area contributed by atoms with Gasteiger partial charge >= 0.3 is 7.82 Å². The third-order valence-electron chi connectivity index (χ3n) is 3.47. The van der Waals surface area contributed by atoms with E-state index in [0.717, 1.165) is 0 Å². The molecular formula is C10H20N5O11P. The summed E-state index contributed by atoms with van der Waals surface area (Å²) in [7, 11) is -4.76. The second kappa shape index (κ2) is 8.81. The average Bonchev–Trinajstić information content (AvgIpc) is 3.00. The summed E-state index contributed by atoms with van der Waals surface area (Å²) in [6.07, 6.45) is -4.22. The summed E-state index contributed by atoms with van der Waals surface area (Å²) >= 11 is 0. The molecule has 2 aromatic rings. The minimum absolute atomic E-state index is 0. The largest absolute Gasteiger partial charge is 0.469 e. The van der Waals surface area contributed by atoms with Gasteiger partial charge in [0.15, 0.2) is 17.4 Å². The first-order valence-electron chi connectivity index (χ1n) is 6.61. The molecule has 1 aliphatic rings. The number of ether oxygens (including phenoxy) is 1. The molecule has 3 rings (SSSR count). The van der Waals surface area contributed by atoms with Crippen LogP contribution in [0.15, 0.2) is 11.1 Å². The Balaban J connectivity index is 0.00000225. The van der Waals surface area contributed by atoms with Crippen LogP contribution in [0.5, 0.6) is 0 Å². The van der Waals surface area contributed by atoms with Crippen molar-refractivity contribution in [2.45, 2.75) is 24.5 Å². The van der Waals surface area contributed by atoms with Crippen molar-refractivity contribution in [3.8, 4) is 0 Å². The predicted molar refractivity (Wildman–Crippen MR) is 87.3 cm³/mol. The van der Waals surface area contributed by atoms with Crippen molar-refractivity contribution in [1.29, 1.82) is 0 Å². The quantitative estimate of drug-likeness (QED) is 0.256. The van der Waals surface area contributed by atoms with Crippen LogP contribution in [0.25, 0.3) is 11.2 Å². The fourth-order valence-electron chi connectivity index (χ4n) is 2.40. The summed E-state index contributed by atoms with van der Waals surface area (Å²) in [6, 6.07) is 0. The predicted octanol–water partition coefficient (Wildman–Crippen LogP) is -5.04. The Morgan fingerprint density at radius 1 is 1.30 bits per heavy atom.